The zero-order valence-electron chi connectivity index (χ0n) is 12.0. The Morgan fingerprint density at radius 3 is 2.32 bits per heavy atom. The predicted octanol–water partition coefficient (Wildman–Crippen LogP) is 1.66. The van der Waals surface area contributed by atoms with Crippen molar-refractivity contribution in [2.75, 3.05) is 6.54 Å². The van der Waals surface area contributed by atoms with Crippen LogP contribution in [0, 0.1) is 5.41 Å². The summed E-state index contributed by atoms with van der Waals surface area (Å²) in [5.41, 5.74) is 4.54. The van der Waals surface area contributed by atoms with Crippen LogP contribution in [0.2, 0.25) is 0 Å². The molecule has 1 aliphatic rings. The molecule has 0 aliphatic heterocycles. The van der Waals surface area contributed by atoms with Crippen LogP contribution in [-0.4, -0.2) is 29.1 Å². The average Bonchev–Trinajstić information content (AvgIpc) is 2.76. The first-order chi connectivity index (χ1) is 8.81. The van der Waals surface area contributed by atoms with Crippen molar-refractivity contribution in [1.82, 2.24) is 5.32 Å². The zero-order valence-corrected chi connectivity index (χ0v) is 12.0. The third kappa shape index (κ3) is 4.49. The summed E-state index contributed by atoms with van der Waals surface area (Å²) in [5, 5.41) is 12.0. The largest absolute Gasteiger partial charge is 0.480 e. The van der Waals surface area contributed by atoms with Gasteiger partial charge in [0.1, 0.15) is 5.54 Å². The first kappa shape index (κ1) is 16.0. The molecule has 110 valence electrons. The van der Waals surface area contributed by atoms with E-state index in [2.05, 4.69) is 19.2 Å². The van der Waals surface area contributed by atoms with Gasteiger partial charge in [0.05, 0.1) is 0 Å². The number of hydrogen-bond donors (Lipinski definition) is 3. The number of hydrogen-bond acceptors (Lipinski definition) is 3. The molecule has 1 saturated carbocycles. The summed E-state index contributed by atoms with van der Waals surface area (Å²) < 4.78 is 0. The average molecular weight is 270 g/mol. The molecule has 0 heterocycles. The number of carbonyl (C=O) groups is 2. The summed E-state index contributed by atoms with van der Waals surface area (Å²) in [6, 6.07) is 0. The lowest BCUT2D eigenvalue weighted by atomic mass is 9.84. The topological polar surface area (TPSA) is 92.4 Å². The molecule has 1 aliphatic carbocycles. The summed E-state index contributed by atoms with van der Waals surface area (Å²) in [7, 11) is 0. The molecule has 1 amide bonds. The SMILES string of the molecule is CC(C)(CCN)CCC(=O)NC1(C(=O)O)CCCC1. The minimum atomic E-state index is -1.02. The Balaban J connectivity index is 2.48. The van der Waals surface area contributed by atoms with Crippen molar-refractivity contribution in [3.8, 4) is 0 Å². The molecule has 0 atom stereocenters. The maximum atomic E-state index is 12.0. The van der Waals surface area contributed by atoms with E-state index in [1.807, 2.05) is 0 Å². The highest BCUT2D eigenvalue weighted by molar-refractivity contribution is 5.87. The Labute approximate surface area is 114 Å². The molecule has 19 heavy (non-hydrogen) atoms. The Bertz CT molecular complexity index is 334. The lowest BCUT2D eigenvalue weighted by Gasteiger charge is -2.27. The van der Waals surface area contributed by atoms with E-state index < -0.39 is 11.5 Å². The van der Waals surface area contributed by atoms with Crippen LogP contribution in [0.1, 0.15) is 58.8 Å². The number of nitrogens with two attached hydrogens (primary N) is 1. The second-order valence-corrected chi connectivity index (χ2v) is 6.35. The first-order valence-electron chi connectivity index (χ1n) is 7.06. The van der Waals surface area contributed by atoms with Gasteiger partial charge in [-0.25, -0.2) is 4.79 Å². The first-order valence-corrected chi connectivity index (χ1v) is 7.06. The molecule has 0 unspecified atom stereocenters. The lowest BCUT2D eigenvalue weighted by Crippen LogP contribution is -2.52. The molecular formula is C14H26N2O3. The summed E-state index contributed by atoms with van der Waals surface area (Å²) >= 11 is 0. The van der Waals surface area contributed by atoms with E-state index >= 15 is 0 Å². The number of nitrogens with one attached hydrogen (secondary N) is 1. The molecular weight excluding hydrogens is 244 g/mol. The van der Waals surface area contributed by atoms with Crippen molar-refractivity contribution in [2.24, 2.45) is 11.1 Å². The molecule has 0 aromatic heterocycles. The molecule has 0 aromatic carbocycles. The van der Waals surface area contributed by atoms with E-state index in [4.69, 9.17) is 5.73 Å². The molecule has 4 N–H and O–H groups in total. The molecule has 1 rings (SSSR count). The Morgan fingerprint density at radius 1 is 1.26 bits per heavy atom. The van der Waals surface area contributed by atoms with Gasteiger partial charge in [-0.2, -0.15) is 0 Å². The van der Waals surface area contributed by atoms with Gasteiger partial charge in [0.25, 0.3) is 0 Å². The monoisotopic (exact) mass is 270 g/mol. The maximum absolute atomic E-state index is 12.0. The summed E-state index contributed by atoms with van der Waals surface area (Å²) in [6.45, 7) is 4.76. The second-order valence-electron chi connectivity index (χ2n) is 6.35. The normalized spacial score (nSPS) is 18.3. The Kier molecular flexibility index (Phi) is 5.35. The standard InChI is InChI=1S/C14H26N2O3/c1-13(2,9-10-15)8-5-11(17)16-14(12(18)19)6-3-4-7-14/h3-10,15H2,1-2H3,(H,16,17)(H,18,19). The fraction of sp³-hybridized carbons (Fsp3) is 0.857. The minimum absolute atomic E-state index is 0.0259. The van der Waals surface area contributed by atoms with Crippen LogP contribution in [0.3, 0.4) is 0 Å². The zero-order chi connectivity index (χ0) is 14.5. The van der Waals surface area contributed by atoms with E-state index in [1.54, 1.807) is 0 Å². The van der Waals surface area contributed by atoms with Crippen molar-refractivity contribution >= 4 is 11.9 Å². The predicted molar refractivity (Wildman–Crippen MR) is 73.7 cm³/mol. The van der Waals surface area contributed by atoms with Gasteiger partial charge in [-0.3, -0.25) is 4.79 Å². The van der Waals surface area contributed by atoms with E-state index in [0.717, 1.165) is 25.7 Å². The third-order valence-electron chi connectivity index (χ3n) is 4.10. The fourth-order valence-electron chi connectivity index (χ4n) is 2.67. The van der Waals surface area contributed by atoms with Gasteiger partial charge in [0.2, 0.25) is 5.91 Å². The van der Waals surface area contributed by atoms with Gasteiger partial charge < -0.3 is 16.2 Å². The molecule has 0 aromatic rings. The van der Waals surface area contributed by atoms with E-state index in [1.165, 1.54) is 0 Å². The van der Waals surface area contributed by atoms with Crippen LogP contribution < -0.4 is 11.1 Å². The Hall–Kier alpha value is -1.10. The second kappa shape index (κ2) is 6.37. The highest BCUT2D eigenvalue weighted by Crippen LogP contribution is 2.31. The van der Waals surface area contributed by atoms with Crippen molar-refractivity contribution in [3.63, 3.8) is 0 Å². The number of carbonyl (C=O) groups excluding carboxylic acids is 1. The van der Waals surface area contributed by atoms with Crippen LogP contribution in [0.5, 0.6) is 0 Å². The number of carboxylic acids is 1. The summed E-state index contributed by atoms with van der Waals surface area (Å²) in [4.78, 5) is 23.3. The quantitative estimate of drug-likeness (QED) is 0.656. The van der Waals surface area contributed by atoms with Crippen molar-refractivity contribution in [3.05, 3.63) is 0 Å². The lowest BCUT2D eigenvalue weighted by molar-refractivity contribution is -0.147. The molecule has 0 bridgehead atoms. The number of carboxylic acid groups (broad SMARTS) is 1. The number of rotatable bonds is 7. The number of aliphatic carboxylic acids is 1. The van der Waals surface area contributed by atoms with Crippen LogP contribution >= 0.6 is 0 Å². The smallest absolute Gasteiger partial charge is 0.329 e. The van der Waals surface area contributed by atoms with Crippen LogP contribution in [0.4, 0.5) is 0 Å². The van der Waals surface area contributed by atoms with E-state index in [0.29, 0.717) is 25.8 Å². The van der Waals surface area contributed by atoms with Gasteiger partial charge in [0.15, 0.2) is 0 Å². The van der Waals surface area contributed by atoms with Gasteiger partial charge >= 0.3 is 5.97 Å². The summed E-state index contributed by atoms with van der Waals surface area (Å²) in [6.07, 6.45) is 4.77. The van der Waals surface area contributed by atoms with Crippen LogP contribution in [-0.2, 0) is 9.59 Å². The maximum Gasteiger partial charge on any atom is 0.329 e. The van der Waals surface area contributed by atoms with Crippen molar-refractivity contribution in [2.45, 2.75) is 64.3 Å². The summed E-state index contributed by atoms with van der Waals surface area (Å²) in [5.74, 6) is -1.06. The Morgan fingerprint density at radius 2 is 1.84 bits per heavy atom. The van der Waals surface area contributed by atoms with Gasteiger partial charge in [-0.05, 0) is 37.6 Å². The molecule has 0 radical (unpaired) electrons. The minimum Gasteiger partial charge on any atom is -0.480 e. The van der Waals surface area contributed by atoms with Gasteiger partial charge in [-0.1, -0.05) is 26.7 Å². The fourth-order valence-corrected chi connectivity index (χ4v) is 2.67. The number of amides is 1. The van der Waals surface area contributed by atoms with Crippen LogP contribution in [0.25, 0.3) is 0 Å². The highest BCUT2D eigenvalue weighted by Gasteiger charge is 2.42. The molecule has 0 saturated heterocycles. The molecule has 5 heteroatoms. The van der Waals surface area contributed by atoms with Crippen molar-refractivity contribution < 1.29 is 14.7 Å². The molecule has 5 nitrogen and oxygen atoms in total. The van der Waals surface area contributed by atoms with Crippen LogP contribution in [0.15, 0.2) is 0 Å². The van der Waals surface area contributed by atoms with Gasteiger partial charge in [-0.15, -0.1) is 0 Å². The molecule has 1 fully saturated rings. The molecule has 0 spiro atoms. The third-order valence-corrected chi connectivity index (χ3v) is 4.10. The van der Waals surface area contributed by atoms with Gasteiger partial charge in [0, 0.05) is 6.42 Å². The van der Waals surface area contributed by atoms with Crippen molar-refractivity contribution in [1.29, 1.82) is 0 Å². The van der Waals surface area contributed by atoms with E-state index in [-0.39, 0.29) is 11.3 Å². The van der Waals surface area contributed by atoms with E-state index in [9.17, 15) is 14.7 Å². The highest BCUT2D eigenvalue weighted by atomic mass is 16.4.